The molecule has 0 heterocycles. The summed E-state index contributed by atoms with van der Waals surface area (Å²) in [4.78, 5) is 71.2. The molecule has 0 unspecified atom stereocenters. The monoisotopic (exact) mass is 1220 g/mol. The summed E-state index contributed by atoms with van der Waals surface area (Å²) in [5.74, 6) is -1.46. The highest BCUT2D eigenvalue weighted by atomic mass is 16.7. The van der Waals surface area contributed by atoms with Crippen LogP contribution in [0.25, 0.3) is 18.2 Å². The summed E-state index contributed by atoms with van der Waals surface area (Å²) in [5.41, 5.74) is 8.20. The first-order valence-corrected chi connectivity index (χ1v) is 28.0. The van der Waals surface area contributed by atoms with Crippen molar-refractivity contribution in [3.8, 4) is 51.7 Å². The third-order valence-corrected chi connectivity index (χ3v) is 13.1. The maximum Gasteiger partial charge on any atom is 0.269 e. The Labute approximate surface area is 518 Å². The van der Waals surface area contributed by atoms with E-state index in [0.29, 0.717) is 36.8 Å². The minimum Gasteiger partial charge on any atom is -0.507 e. The average molecular weight is 1220 g/mol. The molecule has 0 atom stereocenters. The second-order valence-corrected chi connectivity index (χ2v) is 21.1. The van der Waals surface area contributed by atoms with Crippen molar-refractivity contribution in [2.24, 2.45) is 0 Å². The van der Waals surface area contributed by atoms with Gasteiger partial charge in [-0.15, -0.1) is 0 Å². The third kappa shape index (κ3) is 21.5. The van der Waals surface area contributed by atoms with Crippen LogP contribution in [0.4, 0.5) is 5.69 Å². The van der Waals surface area contributed by atoms with Gasteiger partial charge in [0.15, 0.2) is 24.1 Å². The molecule has 18 heteroatoms. The molecule has 0 aliphatic rings. The number of nitro benzene ring substituents is 1. The molecule has 18 nitrogen and oxygen atoms in total. The predicted octanol–water partition coefficient (Wildman–Crippen LogP) is 14.0. The lowest BCUT2D eigenvalue weighted by atomic mass is 9.99. The molecule has 468 valence electrons. The van der Waals surface area contributed by atoms with Crippen LogP contribution < -0.4 is 18.9 Å². The molecule has 5 N–H and O–H groups in total. The summed E-state index contributed by atoms with van der Waals surface area (Å²) in [5, 5.41) is 62.8. The number of Topliss-reactive ketones (excluding diaryl/α,β-unsaturated/α-hetero) is 2. The number of carbonyl (C=O) groups is 5. The van der Waals surface area contributed by atoms with E-state index < -0.39 is 16.5 Å². The molecule has 0 bridgehead atoms. The number of phenols is 5. The summed E-state index contributed by atoms with van der Waals surface area (Å²) in [6, 6.07) is 24.5. The quantitative estimate of drug-likeness (QED) is 0.00843. The van der Waals surface area contributed by atoms with Gasteiger partial charge in [-0.25, -0.2) is 0 Å². The van der Waals surface area contributed by atoms with Gasteiger partial charge in [0.1, 0.15) is 80.0 Å². The number of nitrogens with zero attached hydrogens (tertiary/aromatic N) is 1. The Balaban J connectivity index is 0.000000286. The number of ketones is 5. The lowest BCUT2D eigenvalue weighted by molar-refractivity contribution is -0.384. The van der Waals surface area contributed by atoms with Crippen molar-refractivity contribution in [2.75, 3.05) is 35.2 Å². The van der Waals surface area contributed by atoms with Crippen molar-refractivity contribution in [1.29, 1.82) is 0 Å². The van der Waals surface area contributed by atoms with E-state index in [-0.39, 0.29) is 116 Å². The minimum atomic E-state index is -0.522. The van der Waals surface area contributed by atoms with E-state index >= 15 is 0 Å². The summed E-state index contributed by atoms with van der Waals surface area (Å²) in [6.45, 7) is 14.5. The molecule has 6 aromatic carbocycles. The van der Waals surface area contributed by atoms with Crippen LogP contribution in [-0.4, -0.2) is 94.6 Å². The number of hydrogen-bond acceptors (Lipinski definition) is 17. The topological polar surface area (TPSA) is 276 Å². The largest absolute Gasteiger partial charge is 0.507 e. The normalized spacial score (nSPS) is 10.7. The first-order chi connectivity index (χ1) is 42.2. The molecule has 0 fully saturated rings. The first-order valence-electron chi connectivity index (χ1n) is 28.0. The highest BCUT2D eigenvalue weighted by molar-refractivity contribution is 6.12. The molecule has 0 saturated carbocycles. The highest BCUT2D eigenvalue weighted by Crippen LogP contribution is 2.42. The Kier molecular flexibility index (Phi) is 27.8. The van der Waals surface area contributed by atoms with Crippen molar-refractivity contribution in [1.82, 2.24) is 0 Å². The molecule has 89 heavy (non-hydrogen) atoms. The van der Waals surface area contributed by atoms with Gasteiger partial charge in [0.05, 0.1) is 26.3 Å². The fraction of sp³-hybridized carbons (Fsp3) is 0.254. The molecule has 0 spiro atoms. The number of carbonyl (C=O) groups excluding carboxylic acids is 5. The molecule has 6 rings (SSSR count). The molecule has 0 aromatic heterocycles. The van der Waals surface area contributed by atoms with E-state index in [4.69, 9.17) is 23.7 Å². The zero-order valence-corrected chi connectivity index (χ0v) is 52.2. The molecule has 0 aliphatic heterocycles. The lowest BCUT2D eigenvalue weighted by Crippen LogP contribution is -2.09. The number of non-ortho nitro benzene ring substituents is 1. The van der Waals surface area contributed by atoms with Gasteiger partial charge in [-0.3, -0.25) is 34.1 Å². The van der Waals surface area contributed by atoms with E-state index in [1.165, 1.54) is 102 Å². The standard InChI is InChI=1S/C26H30O6.C24H26O5.C21H21NO6/c1-17(2)6-12-21-23(29)15-24(31-5)25(26(21)32-16-30-4)22(28)13-11-19-7-9-20(10-8-19)14-18(3)27;1-15(2)5-11-19-21(27)14-22(29-4)23(24(19)28)20(26)12-10-17-6-8-18(9-7-17)13-16(3)25;1-13(2)4-10-16-18(24)12-19(28-3)20(21(16)25)17(23)11-7-14-5-8-15(9-6-14)22(26)27/h6-11,13,15,29H,12,14,16H2,1-5H3;5-10,12,14,27-28H,11,13H2,1-4H3;4-9,11-12,24-25H,10H2,1-3H3/b13-11+;12-10+;11-7+. The van der Waals surface area contributed by atoms with E-state index in [2.05, 4.69) is 0 Å². The van der Waals surface area contributed by atoms with Crippen LogP contribution in [0.3, 0.4) is 0 Å². The van der Waals surface area contributed by atoms with Gasteiger partial charge in [0.2, 0.25) is 0 Å². The fourth-order valence-electron chi connectivity index (χ4n) is 8.54. The van der Waals surface area contributed by atoms with Crippen molar-refractivity contribution in [2.45, 2.75) is 87.5 Å². The van der Waals surface area contributed by atoms with Gasteiger partial charge >= 0.3 is 0 Å². The Hall–Kier alpha value is -10.3. The van der Waals surface area contributed by atoms with E-state index in [0.717, 1.165) is 39.0 Å². The number of hydrogen-bond donors (Lipinski definition) is 5. The fourth-order valence-corrected chi connectivity index (χ4v) is 8.54. The number of methoxy groups -OCH3 is 4. The summed E-state index contributed by atoms with van der Waals surface area (Å²) >= 11 is 0. The second-order valence-electron chi connectivity index (χ2n) is 21.1. The second kappa shape index (κ2) is 34.7. The van der Waals surface area contributed by atoms with Gasteiger partial charge in [-0.05, 0) is 133 Å². The average Bonchev–Trinajstić information content (AvgIpc) is 1.95. The maximum atomic E-state index is 13.2. The molecule has 0 saturated heterocycles. The Bertz CT molecular complexity index is 3700. The van der Waals surface area contributed by atoms with Crippen molar-refractivity contribution in [3.05, 3.63) is 215 Å². The number of nitro groups is 1. The first kappa shape index (κ1) is 71.2. The van der Waals surface area contributed by atoms with Crippen molar-refractivity contribution in [3.63, 3.8) is 0 Å². The van der Waals surface area contributed by atoms with Crippen molar-refractivity contribution >= 4 is 52.8 Å². The van der Waals surface area contributed by atoms with E-state index in [1.807, 2.05) is 108 Å². The van der Waals surface area contributed by atoms with Crippen LogP contribution in [0.15, 0.2) is 144 Å². The van der Waals surface area contributed by atoms with Crippen LogP contribution >= 0.6 is 0 Å². The third-order valence-electron chi connectivity index (χ3n) is 13.1. The molecule has 6 aromatic rings. The van der Waals surface area contributed by atoms with E-state index in [9.17, 15) is 59.6 Å². The van der Waals surface area contributed by atoms with Gasteiger partial charge in [0.25, 0.3) is 5.69 Å². The molecule has 0 amide bonds. The number of ether oxygens (including phenoxy) is 5. The molecular weight excluding hydrogens is 1140 g/mol. The van der Waals surface area contributed by atoms with Gasteiger partial charge in [0, 0.05) is 67.0 Å². The summed E-state index contributed by atoms with van der Waals surface area (Å²) in [7, 11) is 5.62. The minimum absolute atomic E-state index is 0.00639. The summed E-state index contributed by atoms with van der Waals surface area (Å²) in [6.07, 6.45) is 16.1. The van der Waals surface area contributed by atoms with Crippen LogP contribution in [0, 0.1) is 10.1 Å². The number of benzene rings is 6. The smallest absolute Gasteiger partial charge is 0.269 e. The summed E-state index contributed by atoms with van der Waals surface area (Å²) < 4.78 is 26.4. The number of phenolic OH excluding ortho intramolecular Hbond substituents is 5. The number of allylic oxidation sites excluding steroid dienone is 9. The van der Waals surface area contributed by atoms with Crippen LogP contribution in [0.2, 0.25) is 0 Å². The van der Waals surface area contributed by atoms with Crippen LogP contribution in [0.1, 0.15) is 131 Å². The molecule has 0 aliphatic carbocycles. The lowest BCUT2D eigenvalue weighted by Gasteiger charge is -2.18. The maximum absolute atomic E-state index is 13.2. The number of aromatic hydroxyl groups is 5. The van der Waals surface area contributed by atoms with Gasteiger partial charge in [-0.2, -0.15) is 0 Å². The molecule has 0 radical (unpaired) electrons. The molecular formula is C71H77NO17. The van der Waals surface area contributed by atoms with E-state index in [1.54, 1.807) is 19.1 Å². The zero-order valence-electron chi connectivity index (χ0n) is 52.2. The Morgan fingerprint density at radius 1 is 0.461 bits per heavy atom. The Morgan fingerprint density at radius 3 is 1.09 bits per heavy atom. The highest BCUT2D eigenvalue weighted by Gasteiger charge is 2.26. The van der Waals surface area contributed by atoms with Crippen LogP contribution in [-0.2, 0) is 46.4 Å². The SMILES string of the molecule is COCOc1c(CC=C(C)C)c(O)cc(OC)c1C(=O)/C=C/c1ccc(CC(C)=O)cc1.COc1cc(O)c(CC=C(C)C)c(O)c1C(=O)/C=C/c1ccc(CC(C)=O)cc1.COc1cc(O)c(CC=C(C)C)c(O)c1C(=O)/C=C/c1ccc([N+](=O)[O-])cc1. The van der Waals surface area contributed by atoms with Gasteiger partial charge < -0.3 is 49.2 Å². The van der Waals surface area contributed by atoms with Crippen LogP contribution in [0.5, 0.6) is 51.7 Å². The number of rotatable bonds is 26. The zero-order chi connectivity index (χ0) is 66.1. The predicted molar refractivity (Wildman–Crippen MR) is 344 cm³/mol. The Morgan fingerprint density at radius 2 is 0.775 bits per heavy atom. The van der Waals surface area contributed by atoms with Gasteiger partial charge in [-0.1, -0.05) is 102 Å². The van der Waals surface area contributed by atoms with Crippen molar-refractivity contribution < 1.29 is 78.1 Å².